The van der Waals surface area contributed by atoms with E-state index >= 15 is 0 Å². The summed E-state index contributed by atoms with van der Waals surface area (Å²) >= 11 is 0. The molecule has 1 amide bonds. The molecule has 1 fully saturated rings. The number of hydrogen-bond donors (Lipinski definition) is 0. The van der Waals surface area contributed by atoms with E-state index in [1.165, 1.54) is 6.42 Å². The fourth-order valence-electron chi connectivity index (χ4n) is 3.20. The third-order valence-corrected chi connectivity index (χ3v) is 4.62. The zero-order chi connectivity index (χ0) is 17.1. The Morgan fingerprint density at radius 3 is 3.08 bits per heavy atom. The summed E-state index contributed by atoms with van der Waals surface area (Å²) in [7, 11) is 0. The number of rotatable bonds is 5. The first-order valence-corrected chi connectivity index (χ1v) is 8.76. The van der Waals surface area contributed by atoms with Crippen molar-refractivity contribution in [3.8, 4) is 0 Å². The molecule has 130 valence electrons. The first-order valence-electron chi connectivity index (χ1n) is 8.76. The lowest BCUT2D eigenvalue weighted by Gasteiger charge is -2.33. The summed E-state index contributed by atoms with van der Waals surface area (Å²) in [4.78, 5) is 19.1. The Kier molecular flexibility index (Phi) is 5.14. The van der Waals surface area contributed by atoms with Gasteiger partial charge in [-0.05, 0) is 19.3 Å². The number of morpholine rings is 1. The lowest BCUT2D eigenvalue weighted by atomic mass is 10.0. The number of carbonyl (C=O) groups is 1. The average molecular weight is 330 g/mol. The molecule has 0 radical (unpaired) electrons. The molecule has 6 nitrogen and oxygen atoms in total. The topological polar surface area (TPSA) is 59.7 Å². The largest absolute Gasteiger partial charge is 0.375 e. The van der Waals surface area contributed by atoms with E-state index in [4.69, 9.17) is 4.74 Å². The van der Waals surface area contributed by atoms with Crippen LogP contribution in [0.1, 0.15) is 49.2 Å². The average Bonchev–Trinajstić information content (AvgIpc) is 3.04. The van der Waals surface area contributed by atoms with Gasteiger partial charge in [0.2, 0.25) is 0 Å². The van der Waals surface area contributed by atoms with Gasteiger partial charge < -0.3 is 9.64 Å². The first kappa shape index (κ1) is 16.9. The SMILES string of the molecule is Cc1c(C(=O)N2CCO[C@H](CCCC(C)C)C2)cnc2ccnn12. The molecule has 0 aromatic carbocycles. The Labute approximate surface area is 142 Å². The number of hydrogen-bond acceptors (Lipinski definition) is 4. The van der Waals surface area contributed by atoms with E-state index in [1.54, 1.807) is 16.9 Å². The first-order chi connectivity index (χ1) is 11.6. The maximum atomic E-state index is 12.9. The highest BCUT2D eigenvalue weighted by Gasteiger charge is 2.26. The minimum atomic E-state index is 0.0227. The summed E-state index contributed by atoms with van der Waals surface area (Å²) in [5.41, 5.74) is 2.21. The minimum absolute atomic E-state index is 0.0227. The van der Waals surface area contributed by atoms with Crippen molar-refractivity contribution in [1.82, 2.24) is 19.5 Å². The molecule has 2 aromatic heterocycles. The van der Waals surface area contributed by atoms with Crippen LogP contribution in [0.5, 0.6) is 0 Å². The van der Waals surface area contributed by atoms with Gasteiger partial charge in [-0.1, -0.05) is 26.7 Å². The van der Waals surface area contributed by atoms with Gasteiger partial charge in [0.15, 0.2) is 5.65 Å². The predicted molar refractivity (Wildman–Crippen MR) is 92.1 cm³/mol. The summed E-state index contributed by atoms with van der Waals surface area (Å²) in [6.07, 6.45) is 6.86. The quantitative estimate of drug-likeness (QED) is 0.846. The highest BCUT2D eigenvalue weighted by Crippen LogP contribution is 2.18. The number of ether oxygens (including phenoxy) is 1. The molecule has 1 aliphatic rings. The Morgan fingerprint density at radius 1 is 1.46 bits per heavy atom. The lowest BCUT2D eigenvalue weighted by Crippen LogP contribution is -2.46. The van der Waals surface area contributed by atoms with Crippen molar-refractivity contribution in [2.24, 2.45) is 5.92 Å². The summed E-state index contributed by atoms with van der Waals surface area (Å²) in [6, 6.07) is 1.83. The molecule has 1 saturated heterocycles. The summed E-state index contributed by atoms with van der Waals surface area (Å²) < 4.78 is 7.55. The number of nitrogens with zero attached hydrogens (tertiary/aromatic N) is 4. The second kappa shape index (κ2) is 7.30. The molecule has 1 atom stereocenters. The van der Waals surface area contributed by atoms with Gasteiger partial charge in [0, 0.05) is 25.4 Å². The Morgan fingerprint density at radius 2 is 2.29 bits per heavy atom. The van der Waals surface area contributed by atoms with Gasteiger partial charge >= 0.3 is 0 Å². The van der Waals surface area contributed by atoms with Gasteiger partial charge in [-0.25, -0.2) is 9.50 Å². The van der Waals surface area contributed by atoms with E-state index in [0.717, 1.165) is 24.2 Å². The predicted octanol–water partition coefficient (Wildman–Crippen LogP) is 2.71. The van der Waals surface area contributed by atoms with Crippen LogP contribution in [0.25, 0.3) is 5.65 Å². The van der Waals surface area contributed by atoms with Crippen LogP contribution in [0, 0.1) is 12.8 Å². The molecular formula is C18H26N4O2. The highest BCUT2D eigenvalue weighted by molar-refractivity contribution is 5.95. The van der Waals surface area contributed by atoms with Gasteiger partial charge in [0.1, 0.15) is 0 Å². The van der Waals surface area contributed by atoms with Crippen LogP contribution in [-0.2, 0) is 4.74 Å². The van der Waals surface area contributed by atoms with Crippen LogP contribution < -0.4 is 0 Å². The fraction of sp³-hybridized carbons (Fsp3) is 0.611. The molecule has 0 bridgehead atoms. The van der Waals surface area contributed by atoms with Crippen molar-refractivity contribution < 1.29 is 9.53 Å². The molecule has 3 heterocycles. The molecule has 0 unspecified atom stereocenters. The molecular weight excluding hydrogens is 304 g/mol. The van der Waals surface area contributed by atoms with Crippen molar-refractivity contribution in [2.45, 2.75) is 46.1 Å². The van der Waals surface area contributed by atoms with Gasteiger partial charge in [0.25, 0.3) is 5.91 Å². The number of aromatic nitrogens is 3. The van der Waals surface area contributed by atoms with Crippen LogP contribution in [0.15, 0.2) is 18.5 Å². The lowest BCUT2D eigenvalue weighted by molar-refractivity contribution is -0.0260. The Balaban J connectivity index is 1.68. The van der Waals surface area contributed by atoms with Gasteiger partial charge in [-0.2, -0.15) is 5.10 Å². The van der Waals surface area contributed by atoms with E-state index < -0.39 is 0 Å². The van der Waals surface area contributed by atoms with Crippen LogP contribution in [0.3, 0.4) is 0 Å². The molecule has 1 aliphatic heterocycles. The van der Waals surface area contributed by atoms with Crippen molar-refractivity contribution in [3.05, 3.63) is 29.7 Å². The minimum Gasteiger partial charge on any atom is -0.375 e. The van der Waals surface area contributed by atoms with Crippen molar-refractivity contribution in [3.63, 3.8) is 0 Å². The maximum absolute atomic E-state index is 12.9. The van der Waals surface area contributed by atoms with Crippen LogP contribution in [-0.4, -0.2) is 51.2 Å². The summed E-state index contributed by atoms with van der Waals surface area (Å²) in [5, 5.41) is 4.24. The Hall–Kier alpha value is -1.95. The van der Waals surface area contributed by atoms with Gasteiger partial charge in [0.05, 0.1) is 30.2 Å². The van der Waals surface area contributed by atoms with E-state index in [1.807, 2.05) is 17.9 Å². The van der Waals surface area contributed by atoms with E-state index in [-0.39, 0.29) is 12.0 Å². The molecule has 0 aliphatic carbocycles. The molecule has 6 heteroatoms. The third kappa shape index (κ3) is 3.59. The zero-order valence-corrected chi connectivity index (χ0v) is 14.7. The van der Waals surface area contributed by atoms with Crippen molar-refractivity contribution in [1.29, 1.82) is 0 Å². The third-order valence-electron chi connectivity index (χ3n) is 4.62. The van der Waals surface area contributed by atoms with Crippen LogP contribution >= 0.6 is 0 Å². The molecule has 24 heavy (non-hydrogen) atoms. The molecule has 0 spiro atoms. The van der Waals surface area contributed by atoms with E-state index in [2.05, 4.69) is 23.9 Å². The fourth-order valence-corrected chi connectivity index (χ4v) is 3.20. The number of fused-ring (bicyclic) bond motifs is 1. The van der Waals surface area contributed by atoms with Gasteiger partial charge in [-0.3, -0.25) is 4.79 Å². The van der Waals surface area contributed by atoms with Crippen molar-refractivity contribution in [2.75, 3.05) is 19.7 Å². The Bertz CT molecular complexity index is 710. The molecule has 2 aromatic rings. The summed E-state index contributed by atoms with van der Waals surface area (Å²) in [6.45, 7) is 8.28. The number of amides is 1. The normalized spacial score (nSPS) is 18.5. The summed E-state index contributed by atoms with van der Waals surface area (Å²) in [5.74, 6) is 0.732. The standard InChI is InChI=1S/C18H26N4O2/c1-13(2)5-4-6-15-12-21(9-10-24-15)18(23)16-11-19-17-7-8-20-22(17)14(16)3/h7-8,11,13,15H,4-6,9-10,12H2,1-3H3/t15-/m1/s1. The van der Waals surface area contributed by atoms with Crippen molar-refractivity contribution >= 4 is 11.6 Å². The smallest absolute Gasteiger partial charge is 0.257 e. The van der Waals surface area contributed by atoms with E-state index in [0.29, 0.717) is 31.2 Å². The van der Waals surface area contributed by atoms with Crippen LogP contribution in [0.4, 0.5) is 0 Å². The number of aryl methyl sites for hydroxylation is 1. The number of carbonyl (C=O) groups excluding carboxylic acids is 1. The maximum Gasteiger partial charge on any atom is 0.257 e. The monoisotopic (exact) mass is 330 g/mol. The molecule has 0 N–H and O–H groups in total. The van der Waals surface area contributed by atoms with Crippen LogP contribution in [0.2, 0.25) is 0 Å². The highest BCUT2D eigenvalue weighted by atomic mass is 16.5. The van der Waals surface area contributed by atoms with E-state index in [9.17, 15) is 4.79 Å². The molecule has 3 rings (SSSR count). The van der Waals surface area contributed by atoms with Gasteiger partial charge in [-0.15, -0.1) is 0 Å². The molecule has 0 saturated carbocycles. The zero-order valence-electron chi connectivity index (χ0n) is 14.7. The second-order valence-electron chi connectivity index (χ2n) is 6.93. The second-order valence-corrected chi connectivity index (χ2v) is 6.93.